The third-order valence-corrected chi connectivity index (χ3v) is 6.82. The van der Waals surface area contributed by atoms with E-state index in [1.165, 1.54) is 15.6 Å². The Balaban J connectivity index is 0.00000171. The number of likely N-dealkylation sites (N-methyl/N-ethyl adjacent to an activating group) is 1. The Morgan fingerprint density at radius 3 is 2.32 bits per heavy atom. The van der Waals surface area contributed by atoms with Crippen LogP contribution in [0.4, 0.5) is 5.82 Å². The molecule has 170 valence electrons. The molecule has 1 saturated heterocycles. The fourth-order valence-electron chi connectivity index (χ4n) is 4.00. The molecule has 4 rings (SSSR count). The van der Waals surface area contributed by atoms with Gasteiger partial charge in [-0.2, -0.15) is 0 Å². The Kier molecular flexibility index (Phi) is 9.16. The molecule has 4 nitrogen and oxygen atoms in total. The number of rotatable bonds is 6. The minimum atomic E-state index is -0.0941. The molecule has 1 aliphatic heterocycles. The SMILES string of the molecule is CCN1CCN(c2nc(-c3ccc(CC(C)(C)CO)cc3)cc3ccsc23)CC1.Cl.Cl. The molecular weight excluding hydrogens is 449 g/mol. The number of nitrogens with zero attached hydrogens (tertiary/aromatic N) is 3. The van der Waals surface area contributed by atoms with Gasteiger partial charge in [-0.3, -0.25) is 0 Å². The molecule has 0 bridgehead atoms. The highest BCUT2D eigenvalue weighted by Crippen LogP contribution is 2.34. The van der Waals surface area contributed by atoms with Crippen LogP contribution < -0.4 is 4.90 Å². The average Bonchev–Trinajstić information content (AvgIpc) is 3.22. The Morgan fingerprint density at radius 2 is 1.71 bits per heavy atom. The second-order valence-electron chi connectivity index (χ2n) is 8.79. The highest BCUT2D eigenvalue weighted by Gasteiger charge is 2.21. The van der Waals surface area contributed by atoms with Gasteiger partial charge in [0.2, 0.25) is 0 Å². The van der Waals surface area contributed by atoms with Gasteiger partial charge in [-0.1, -0.05) is 45.0 Å². The number of hydrogen-bond donors (Lipinski definition) is 1. The number of aliphatic hydroxyl groups excluding tert-OH is 1. The van der Waals surface area contributed by atoms with Crippen molar-refractivity contribution in [3.05, 3.63) is 47.3 Å². The van der Waals surface area contributed by atoms with Gasteiger partial charge in [-0.05, 0) is 46.8 Å². The smallest absolute Gasteiger partial charge is 0.147 e. The molecule has 0 spiro atoms. The lowest BCUT2D eigenvalue weighted by Gasteiger charge is -2.35. The van der Waals surface area contributed by atoms with E-state index in [2.05, 4.69) is 72.3 Å². The summed E-state index contributed by atoms with van der Waals surface area (Å²) in [6.07, 6.45) is 0.869. The van der Waals surface area contributed by atoms with Crippen LogP contribution in [0.3, 0.4) is 0 Å². The van der Waals surface area contributed by atoms with Crippen molar-refractivity contribution in [1.29, 1.82) is 0 Å². The summed E-state index contributed by atoms with van der Waals surface area (Å²) in [5.41, 5.74) is 3.34. The quantitative estimate of drug-likeness (QED) is 0.503. The maximum Gasteiger partial charge on any atom is 0.147 e. The Bertz CT molecular complexity index is 967. The first kappa shape index (κ1) is 25.9. The van der Waals surface area contributed by atoms with Gasteiger partial charge in [0.05, 0.1) is 10.4 Å². The number of hydrogen-bond acceptors (Lipinski definition) is 5. The molecule has 31 heavy (non-hydrogen) atoms. The predicted molar refractivity (Wildman–Crippen MR) is 138 cm³/mol. The summed E-state index contributed by atoms with van der Waals surface area (Å²) >= 11 is 1.79. The van der Waals surface area contributed by atoms with E-state index < -0.39 is 0 Å². The monoisotopic (exact) mass is 481 g/mol. The van der Waals surface area contributed by atoms with Crippen molar-refractivity contribution in [1.82, 2.24) is 9.88 Å². The minimum absolute atomic E-state index is 0. The van der Waals surface area contributed by atoms with Crippen LogP contribution in [0.25, 0.3) is 21.3 Å². The van der Waals surface area contributed by atoms with Gasteiger partial charge in [0.25, 0.3) is 0 Å². The minimum Gasteiger partial charge on any atom is -0.396 e. The number of pyridine rings is 1. The van der Waals surface area contributed by atoms with Gasteiger partial charge in [0.15, 0.2) is 0 Å². The molecule has 1 fully saturated rings. The van der Waals surface area contributed by atoms with Crippen LogP contribution in [0.5, 0.6) is 0 Å². The van der Waals surface area contributed by atoms with E-state index in [0.29, 0.717) is 0 Å². The van der Waals surface area contributed by atoms with Gasteiger partial charge < -0.3 is 14.9 Å². The topological polar surface area (TPSA) is 39.6 Å². The molecule has 3 aromatic rings. The normalized spacial score (nSPS) is 14.9. The zero-order valence-corrected chi connectivity index (χ0v) is 21.0. The zero-order valence-electron chi connectivity index (χ0n) is 18.5. The van der Waals surface area contributed by atoms with E-state index in [1.807, 2.05) is 0 Å². The summed E-state index contributed by atoms with van der Waals surface area (Å²) in [5, 5.41) is 13.0. The Hall–Kier alpha value is -1.37. The molecule has 2 aromatic heterocycles. The number of aliphatic hydroxyl groups is 1. The van der Waals surface area contributed by atoms with Crippen LogP contribution >= 0.6 is 36.2 Å². The molecular formula is C24H33Cl2N3OS. The first-order valence-electron chi connectivity index (χ1n) is 10.5. The molecule has 0 amide bonds. The van der Waals surface area contributed by atoms with Crippen LogP contribution in [-0.2, 0) is 6.42 Å². The van der Waals surface area contributed by atoms with Crippen LogP contribution in [0, 0.1) is 5.41 Å². The second kappa shape index (κ2) is 11.0. The third kappa shape index (κ3) is 5.91. The molecule has 7 heteroatoms. The lowest BCUT2D eigenvalue weighted by atomic mass is 9.86. The van der Waals surface area contributed by atoms with E-state index in [-0.39, 0.29) is 36.8 Å². The Morgan fingerprint density at radius 1 is 1.03 bits per heavy atom. The first-order chi connectivity index (χ1) is 14.0. The van der Waals surface area contributed by atoms with Crippen LogP contribution in [0.1, 0.15) is 26.3 Å². The summed E-state index contributed by atoms with van der Waals surface area (Å²) in [7, 11) is 0. The number of fused-ring (bicyclic) bond motifs is 1. The summed E-state index contributed by atoms with van der Waals surface area (Å²) in [5.74, 6) is 1.13. The Labute approximate surface area is 202 Å². The number of anilines is 1. The van der Waals surface area contributed by atoms with E-state index in [1.54, 1.807) is 11.3 Å². The van der Waals surface area contributed by atoms with Crippen molar-refractivity contribution in [3.8, 4) is 11.3 Å². The molecule has 0 aliphatic carbocycles. The van der Waals surface area contributed by atoms with Crippen molar-refractivity contribution in [2.45, 2.75) is 27.2 Å². The summed E-state index contributed by atoms with van der Waals surface area (Å²) in [6, 6.07) is 13.1. The van der Waals surface area contributed by atoms with Crippen molar-refractivity contribution in [2.24, 2.45) is 5.41 Å². The van der Waals surface area contributed by atoms with Crippen molar-refractivity contribution < 1.29 is 5.11 Å². The van der Waals surface area contributed by atoms with E-state index in [0.717, 1.165) is 56.2 Å². The van der Waals surface area contributed by atoms with Crippen LogP contribution in [0.2, 0.25) is 0 Å². The van der Waals surface area contributed by atoms with Crippen molar-refractivity contribution >= 4 is 52.1 Å². The lowest BCUT2D eigenvalue weighted by molar-refractivity contribution is 0.159. The van der Waals surface area contributed by atoms with E-state index in [4.69, 9.17) is 4.98 Å². The van der Waals surface area contributed by atoms with Gasteiger partial charge in [0, 0.05) is 38.3 Å². The first-order valence-corrected chi connectivity index (χ1v) is 11.4. The number of halogens is 2. The molecule has 0 atom stereocenters. The third-order valence-electron chi connectivity index (χ3n) is 5.90. The second-order valence-corrected chi connectivity index (χ2v) is 9.70. The van der Waals surface area contributed by atoms with Crippen LogP contribution in [0.15, 0.2) is 41.8 Å². The number of benzene rings is 1. The van der Waals surface area contributed by atoms with Gasteiger partial charge in [-0.25, -0.2) is 4.98 Å². The van der Waals surface area contributed by atoms with Crippen molar-refractivity contribution in [3.63, 3.8) is 0 Å². The van der Waals surface area contributed by atoms with Crippen molar-refractivity contribution in [2.75, 3.05) is 44.2 Å². The van der Waals surface area contributed by atoms with E-state index >= 15 is 0 Å². The fraction of sp³-hybridized carbons (Fsp3) is 0.458. The maximum absolute atomic E-state index is 9.54. The largest absolute Gasteiger partial charge is 0.396 e. The molecule has 0 unspecified atom stereocenters. The molecule has 0 saturated carbocycles. The standard InChI is InChI=1S/C24H31N3OS.2ClH/c1-4-26-10-12-27(13-11-26)23-22-20(9-14-29-22)15-21(25-23)19-7-5-18(6-8-19)16-24(2,3)17-28;;/h5-9,14-15,28H,4,10-13,16-17H2,1-3H3;2*1H. The summed E-state index contributed by atoms with van der Waals surface area (Å²) < 4.78 is 1.29. The molecule has 1 aliphatic rings. The molecule has 1 N–H and O–H groups in total. The average molecular weight is 483 g/mol. The molecule has 3 heterocycles. The molecule has 0 radical (unpaired) electrons. The maximum atomic E-state index is 9.54. The fourth-order valence-corrected chi connectivity index (χ4v) is 4.89. The number of aromatic nitrogens is 1. The number of piperazine rings is 1. The lowest BCUT2D eigenvalue weighted by Crippen LogP contribution is -2.46. The van der Waals surface area contributed by atoms with Crippen LogP contribution in [-0.4, -0.2) is 54.3 Å². The highest BCUT2D eigenvalue weighted by molar-refractivity contribution is 7.17. The molecule has 1 aromatic carbocycles. The van der Waals surface area contributed by atoms with Gasteiger partial charge in [-0.15, -0.1) is 36.2 Å². The summed E-state index contributed by atoms with van der Waals surface area (Å²) in [6.45, 7) is 12.0. The van der Waals surface area contributed by atoms with Gasteiger partial charge in [0.1, 0.15) is 5.82 Å². The summed E-state index contributed by atoms with van der Waals surface area (Å²) in [4.78, 5) is 10.1. The number of thiophene rings is 1. The van der Waals surface area contributed by atoms with Gasteiger partial charge >= 0.3 is 0 Å². The van der Waals surface area contributed by atoms with E-state index in [9.17, 15) is 5.11 Å². The predicted octanol–water partition coefficient (Wildman–Crippen LogP) is 5.51. The highest BCUT2D eigenvalue weighted by atomic mass is 35.5. The zero-order chi connectivity index (χ0) is 20.4.